The predicted molar refractivity (Wildman–Crippen MR) is 140 cm³/mol. The SMILES string of the molecule is O=C1C(=O)N(c2nnc(SCc3ccccc3)s2)C(c2ccc([N+](=O)[O-])cc2)/C1=C(/O)c1ccccc1. The number of aliphatic hydroxyl groups excluding tert-OH is 1. The number of aliphatic hydroxyl groups is 1. The molecule has 1 N–H and O–H groups in total. The van der Waals surface area contributed by atoms with Crippen molar-refractivity contribution in [3.63, 3.8) is 0 Å². The first-order valence-electron chi connectivity index (χ1n) is 11.0. The van der Waals surface area contributed by atoms with Crippen LogP contribution in [-0.4, -0.2) is 31.9 Å². The molecule has 1 atom stereocenters. The summed E-state index contributed by atoms with van der Waals surface area (Å²) in [5.41, 5.74) is 1.61. The van der Waals surface area contributed by atoms with E-state index in [0.29, 0.717) is 21.2 Å². The maximum Gasteiger partial charge on any atom is 0.301 e. The van der Waals surface area contributed by atoms with Gasteiger partial charge in [-0.25, -0.2) is 0 Å². The molecule has 0 saturated carbocycles. The molecule has 0 radical (unpaired) electrons. The van der Waals surface area contributed by atoms with Crippen molar-refractivity contribution in [2.24, 2.45) is 0 Å². The van der Waals surface area contributed by atoms with Gasteiger partial charge in [-0.3, -0.25) is 24.6 Å². The quantitative estimate of drug-likeness (QED) is 0.0643. The summed E-state index contributed by atoms with van der Waals surface area (Å²) in [5.74, 6) is -1.43. The molecule has 37 heavy (non-hydrogen) atoms. The molecule has 11 heteroatoms. The third-order valence-electron chi connectivity index (χ3n) is 5.72. The van der Waals surface area contributed by atoms with Gasteiger partial charge in [0.2, 0.25) is 5.13 Å². The number of benzene rings is 3. The number of ketones is 1. The number of non-ortho nitro benzene ring substituents is 1. The lowest BCUT2D eigenvalue weighted by atomic mass is 9.95. The van der Waals surface area contributed by atoms with Gasteiger partial charge in [-0.05, 0) is 23.3 Å². The fourth-order valence-corrected chi connectivity index (χ4v) is 5.78. The molecule has 9 nitrogen and oxygen atoms in total. The van der Waals surface area contributed by atoms with Crippen LogP contribution in [0.5, 0.6) is 0 Å². The van der Waals surface area contributed by atoms with Crippen molar-refractivity contribution in [1.82, 2.24) is 10.2 Å². The Hall–Kier alpha value is -4.35. The third-order valence-corrected chi connectivity index (χ3v) is 7.85. The van der Waals surface area contributed by atoms with Gasteiger partial charge in [0.25, 0.3) is 11.5 Å². The number of rotatable bonds is 7. The summed E-state index contributed by atoms with van der Waals surface area (Å²) in [6, 6.07) is 22.7. The molecule has 0 spiro atoms. The molecule has 0 aliphatic carbocycles. The zero-order valence-corrected chi connectivity index (χ0v) is 20.7. The molecule has 1 amide bonds. The van der Waals surface area contributed by atoms with Crippen LogP contribution >= 0.6 is 23.1 Å². The smallest absolute Gasteiger partial charge is 0.301 e. The second-order valence-electron chi connectivity index (χ2n) is 8.01. The Balaban J connectivity index is 1.55. The van der Waals surface area contributed by atoms with Crippen molar-refractivity contribution in [1.29, 1.82) is 0 Å². The van der Waals surface area contributed by atoms with Crippen LogP contribution in [0, 0.1) is 10.1 Å². The molecule has 1 saturated heterocycles. The highest BCUT2D eigenvalue weighted by Crippen LogP contribution is 2.44. The van der Waals surface area contributed by atoms with Gasteiger partial charge in [0.1, 0.15) is 5.76 Å². The number of nitro groups is 1. The van der Waals surface area contributed by atoms with Crippen molar-refractivity contribution in [3.05, 3.63) is 117 Å². The molecule has 1 fully saturated rings. The van der Waals surface area contributed by atoms with E-state index in [0.717, 1.165) is 16.9 Å². The minimum Gasteiger partial charge on any atom is -0.507 e. The Morgan fingerprint density at radius 3 is 2.27 bits per heavy atom. The maximum atomic E-state index is 13.3. The lowest BCUT2D eigenvalue weighted by Gasteiger charge is -2.22. The van der Waals surface area contributed by atoms with Crippen LogP contribution in [0.1, 0.15) is 22.7 Å². The van der Waals surface area contributed by atoms with Crippen molar-refractivity contribution < 1.29 is 19.6 Å². The van der Waals surface area contributed by atoms with Gasteiger partial charge in [0.15, 0.2) is 4.34 Å². The van der Waals surface area contributed by atoms with Gasteiger partial charge < -0.3 is 5.11 Å². The summed E-state index contributed by atoms with van der Waals surface area (Å²) in [4.78, 5) is 38.3. The monoisotopic (exact) mass is 530 g/mol. The third kappa shape index (κ3) is 4.86. The molecular weight excluding hydrogens is 512 g/mol. The molecule has 184 valence electrons. The molecule has 1 aliphatic rings. The van der Waals surface area contributed by atoms with Crippen LogP contribution in [0.25, 0.3) is 5.76 Å². The largest absolute Gasteiger partial charge is 0.507 e. The van der Waals surface area contributed by atoms with E-state index in [1.54, 1.807) is 30.3 Å². The molecule has 2 heterocycles. The van der Waals surface area contributed by atoms with Crippen LogP contribution in [0.15, 0.2) is 94.8 Å². The standard InChI is InChI=1S/C26H18N4O5S2/c31-22(18-9-5-2-6-10-18)20-21(17-11-13-19(14-12-17)30(34)35)29(24(33)23(20)32)25-27-28-26(37-25)36-15-16-7-3-1-4-8-16/h1-14,21,31H,15H2/b22-20-. The summed E-state index contributed by atoms with van der Waals surface area (Å²) in [6.07, 6.45) is 0. The van der Waals surface area contributed by atoms with E-state index >= 15 is 0 Å². The van der Waals surface area contributed by atoms with Crippen LogP contribution in [0.2, 0.25) is 0 Å². The summed E-state index contributed by atoms with van der Waals surface area (Å²) < 4.78 is 0.603. The summed E-state index contributed by atoms with van der Waals surface area (Å²) in [7, 11) is 0. The van der Waals surface area contributed by atoms with Crippen molar-refractivity contribution in [2.45, 2.75) is 16.1 Å². The Bertz CT molecular complexity index is 1500. The maximum absolute atomic E-state index is 13.3. The second kappa shape index (κ2) is 10.3. The molecule has 3 aromatic carbocycles. The number of amides is 1. The molecule has 0 bridgehead atoms. The van der Waals surface area contributed by atoms with Crippen molar-refractivity contribution >= 4 is 51.4 Å². The highest BCUT2D eigenvalue weighted by molar-refractivity contribution is 8.00. The number of nitrogens with zero attached hydrogens (tertiary/aromatic N) is 4. The Morgan fingerprint density at radius 2 is 1.62 bits per heavy atom. The van der Waals surface area contributed by atoms with E-state index in [1.807, 2.05) is 30.3 Å². The van der Waals surface area contributed by atoms with Crippen molar-refractivity contribution in [2.75, 3.05) is 4.90 Å². The van der Waals surface area contributed by atoms with Gasteiger partial charge in [0, 0.05) is 23.4 Å². The lowest BCUT2D eigenvalue weighted by Crippen LogP contribution is -2.29. The number of thioether (sulfide) groups is 1. The number of carbonyl (C=O) groups is 2. The average molecular weight is 531 g/mol. The molecule has 1 unspecified atom stereocenters. The zero-order chi connectivity index (χ0) is 25.9. The topological polar surface area (TPSA) is 127 Å². The van der Waals surface area contributed by atoms with E-state index < -0.39 is 22.7 Å². The van der Waals surface area contributed by atoms with E-state index in [2.05, 4.69) is 10.2 Å². The first kappa shape index (κ1) is 24.3. The molecule has 1 aliphatic heterocycles. The highest BCUT2D eigenvalue weighted by Gasteiger charge is 2.48. The number of nitro benzene ring substituents is 1. The molecule has 4 aromatic rings. The number of hydrogen-bond acceptors (Lipinski definition) is 9. The minimum absolute atomic E-state index is 0.126. The van der Waals surface area contributed by atoms with E-state index in [-0.39, 0.29) is 22.2 Å². The summed E-state index contributed by atoms with van der Waals surface area (Å²) in [6.45, 7) is 0. The minimum atomic E-state index is -1.04. The normalized spacial score (nSPS) is 16.8. The molecular formula is C26H18N4O5S2. The Kier molecular flexibility index (Phi) is 6.80. The first-order valence-corrected chi connectivity index (χ1v) is 12.9. The molecule has 1 aromatic heterocycles. The van der Waals surface area contributed by atoms with Crippen LogP contribution in [0.3, 0.4) is 0 Å². The van der Waals surface area contributed by atoms with Crippen molar-refractivity contribution in [3.8, 4) is 0 Å². The predicted octanol–water partition coefficient (Wildman–Crippen LogP) is 5.36. The van der Waals surface area contributed by atoms with Gasteiger partial charge in [-0.15, -0.1) is 10.2 Å². The average Bonchev–Trinajstić information content (AvgIpc) is 3.50. The van der Waals surface area contributed by atoms with E-state index in [4.69, 9.17) is 0 Å². The van der Waals surface area contributed by atoms with Gasteiger partial charge in [-0.2, -0.15) is 0 Å². The Labute approximate surface area is 219 Å². The number of hydrogen-bond donors (Lipinski definition) is 1. The van der Waals surface area contributed by atoms with Gasteiger partial charge in [0.05, 0.1) is 16.5 Å². The fourth-order valence-electron chi connectivity index (χ4n) is 3.95. The van der Waals surface area contributed by atoms with Crippen LogP contribution < -0.4 is 4.90 Å². The van der Waals surface area contributed by atoms with E-state index in [1.165, 1.54) is 40.9 Å². The van der Waals surface area contributed by atoms with Crippen LogP contribution in [-0.2, 0) is 15.3 Å². The number of aromatic nitrogens is 2. The fraction of sp³-hybridized carbons (Fsp3) is 0.0769. The summed E-state index contributed by atoms with van der Waals surface area (Å²) in [5, 5.41) is 30.8. The van der Waals surface area contributed by atoms with E-state index in [9.17, 15) is 24.8 Å². The summed E-state index contributed by atoms with van der Waals surface area (Å²) >= 11 is 2.60. The zero-order valence-electron chi connectivity index (χ0n) is 19.1. The van der Waals surface area contributed by atoms with Gasteiger partial charge in [-0.1, -0.05) is 83.8 Å². The first-order chi connectivity index (χ1) is 17.9. The number of carbonyl (C=O) groups excluding carboxylic acids is 2. The Morgan fingerprint density at radius 1 is 0.973 bits per heavy atom. The van der Waals surface area contributed by atoms with Gasteiger partial charge >= 0.3 is 5.91 Å². The number of Topliss-reactive ketones (excluding diaryl/α,β-unsaturated/α-hetero) is 1. The second-order valence-corrected chi connectivity index (χ2v) is 10.2. The van der Waals surface area contributed by atoms with Crippen LogP contribution in [0.4, 0.5) is 10.8 Å². The lowest BCUT2D eigenvalue weighted by molar-refractivity contribution is -0.384. The number of anilines is 1. The highest BCUT2D eigenvalue weighted by atomic mass is 32.2. The molecule has 5 rings (SSSR count).